The number of aromatic nitrogens is 3. The second-order valence-corrected chi connectivity index (χ2v) is 11.3. The Morgan fingerprint density at radius 2 is 1.73 bits per heavy atom. The van der Waals surface area contributed by atoms with E-state index in [0.29, 0.717) is 29.6 Å². The Labute approximate surface area is 241 Å². The number of methoxy groups -OCH3 is 1. The molecule has 11 heteroatoms. The summed E-state index contributed by atoms with van der Waals surface area (Å²) in [6, 6.07) is 9.57. The van der Waals surface area contributed by atoms with Crippen LogP contribution >= 0.6 is 11.6 Å². The maximum Gasteiger partial charge on any atom is 0.387 e. The minimum absolute atomic E-state index is 0.134. The standard InChI is InChI=1S/C30H31ClF2N4O4/c1-16-13-21-23(18-7-9-19(31)10-8-18)22(26(27(38)39-6)41-30(3,4)5)17(2)24-25(21)36(16)11-12-37(24)29-34-14-20(15-35-29)40-28(32)33/h7-10,13-15,26,28H,11-12H2,1-6H3. The number of rotatable bonds is 7. The van der Waals surface area contributed by atoms with E-state index >= 15 is 0 Å². The van der Waals surface area contributed by atoms with E-state index in [1.165, 1.54) is 19.5 Å². The topological polar surface area (TPSA) is 78.7 Å². The lowest BCUT2D eigenvalue weighted by Gasteiger charge is -2.35. The number of halogens is 3. The van der Waals surface area contributed by atoms with Gasteiger partial charge in [-0.25, -0.2) is 14.8 Å². The van der Waals surface area contributed by atoms with E-state index in [-0.39, 0.29) is 5.75 Å². The molecule has 41 heavy (non-hydrogen) atoms. The van der Waals surface area contributed by atoms with Crippen molar-refractivity contribution in [1.29, 1.82) is 0 Å². The zero-order chi connectivity index (χ0) is 29.6. The van der Waals surface area contributed by atoms with Crippen molar-refractivity contribution in [1.82, 2.24) is 14.5 Å². The number of anilines is 2. The van der Waals surface area contributed by atoms with Crippen LogP contribution in [0.3, 0.4) is 0 Å². The molecule has 8 nitrogen and oxygen atoms in total. The lowest BCUT2D eigenvalue weighted by Crippen LogP contribution is -2.32. The molecule has 2 aromatic heterocycles. The third-order valence-electron chi connectivity index (χ3n) is 7.01. The van der Waals surface area contributed by atoms with Gasteiger partial charge in [0.1, 0.15) is 0 Å². The summed E-state index contributed by atoms with van der Waals surface area (Å²) in [7, 11) is 1.34. The second kappa shape index (κ2) is 10.9. The lowest BCUT2D eigenvalue weighted by molar-refractivity contribution is -0.164. The van der Waals surface area contributed by atoms with Gasteiger partial charge in [0.2, 0.25) is 5.95 Å². The first-order valence-electron chi connectivity index (χ1n) is 13.1. The third kappa shape index (κ3) is 5.46. The van der Waals surface area contributed by atoms with Crippen LogP contribution in [-0.2, 0) is 20.8 Å². The lowest BCUT2D eigenvalue weighted by atomic mass is 9.87. The molecule has 0 radical (unpaired) electrons. The highest BCUT2D eigenvalue weighted by Crippen LogP contribution is 2.49. The fraction of sp³-hybridized carbons (Fsp3) is 0.367. The predicted molar refractivity (Wildman–Crippen MR) is 153 cm³/mol. The Hall–Kier alpha value is -3.76. The van der Waals surface area contributed by atoms with Crippen LogP contribution in [0.4, 0.5) is 20.4 Å². The smallest absolute Gasteiger partial charge is 0.387 e. The van der Waals surface area contributed by atoms with Crippen molar-refractivity contribution in [3.05, 3.63) is 64.6 Å². The van der Waals surface area contributed by atoms with Crippen LogP contribution in [-0.4, -0.2) is 46.4 Å². The Balaban J connectivity index is 1.83. The highest BCUT2D eigenvalue weighted by atomic mass is 35.5. The average Bonchev–Trinajstić information content (AvgIpc) is 3.25. The Kier molecular flexibility index (Phi) is 7.65. The number of hydrogen-bond acceptors (Lipinski definition) is 7. The number of alkyl halides is 2. The van der Waals surface area contributed by atoms with Gasteiger partial charge in [-0.05, 0) is 69.5 Å². The highest BCUT2D eigenvalue weighted by Gasteiger charge is 2.37. The highest BCUT2D eigenvalue weighted by molar-refractivity contribution is 6.30. The maximum atomic E-state index is 13.4. The van der Waals surface area contributed by atoms with Crippen LogP contribution in [0.1, 0.15) is 43.7 Å². The monoisotopic (exact) mass is 584 g/mol. The minimum Gasteiger partial charge on any atom is -0.467 e. The van der Waals surface area contributed by atoms with Crippen LogP contribution in [0, 0.1) is 13.8 Å². The summed E-state index contributed by atoms with van der Waals surface area (Å²) in [5, 5.41) is 1.50. The number of hydrogen-bond donors (Lipinski definition) is 0. The Morgan fingerprint density at radius 1 is 1.07 bits per heavy atom. The summed E-state index contributed by atoms with van der Waals surface area (Å²) < 4.78 is 43.8. The van der Waals surface area contributed by atoms with Crippen molar-refractivity contribution < 1.29 is 27.8 Å². The van der Waals surface area contributed by atoms with E-state index in [9.17, 15) is 13.6 Å². The number of carbonyl (C=O) groups excluding carboxylic acids is 1. The minimum atomic E-state index is -2.98. The molecular formula is C30H31ClF2N4O4. The molecule has 0 aliphatic carbocycles. The first kappa shape index (κ1) is 28.8. The summed E-state index contributed by atoms with van der Waals surface area (Å²) in [4.78, 5) is 24.0. The van der Waals surface area contributed by atoms with E-state index in [2.05, 4.69) is 25.3 Å². The van der Waals surface area contributed by atoms with Crippen molar-refractivity contribution in [2.75, 3.05) is 18.6 Å². The molecule has 216 valence electrons. The zero-order valence-corrected chi connectivity index (χ0v) is 24.4. The quantitative estimate of drug-likeness (QED) is 0.213. The second-order valence-electron chi connectivity index (χ2n) is 10.9. The van der Waals surface area contributed by atoms with E-state index in [1.807, 2.05) is 63.8 Å². The van der Waals surface area contributed by atoms with Gasteiger partial charge in [-0.2, -0.15) is 8.78 Å². The molecule has 0 saturated carbocycles. The van der Waals surface area contributed by atoms with Crippen molar-refractivity contribution >= 4 is 40.1 Å². The summed E-state index contributed by atoms with van der Waals surface area (Å²) in [6.45, 7) is 7.79. The Morgan fingerprint density at radius 3 is 2.32 bits per heavy atom. The normalized spacial score (nSPS) is 14.0. The van der Waals surface area contributed by atoms with Crippen molar-refractivity contribution in [3.63, 3.8) is 0 Å². The van der Waals surface area contributed by atoms with Crippen molar-refractivity contribution in [2.24, 2.45) is 0 Å². The predicted octanol–water partition coefficient (Wildman–Crippen LogP) is 7.15. The molecule has 1 aliphatic rings. The van der Waals surface area contributed by atoms with Crippen LogP contribution < -0.4 is 9.64 Å². The van der Waals surface area contributed by atoms with Gasteiger partial charge < -0.3 is 23.7 Å². The average molecular weight is 585 g/mol. The Bertz CT molecular complexity index is 1600. The van der Waals surface area contributed by atoms with E-state index in [0.717, 1.165) is 39.0 Å². The number of carbonyl (C=O) groups is 1. The van der Waals surface area contributed by atoms with Crippen LogP contribution in [0.25, 0.3) is 22.0 Å². The first-order valence-corrected chi connectivity index (χ1v) is 13.5. The molecule has 5 rings (SSSR count). The van der Waals surface area contributed by atoms with Crippen LogP contribution in [0.15, 0.2) is 42.7 Å². The first-order chi connectivity index (χ1) is 19.4. The van der Waals surface area contributed by atoms with Gasteiger partial charge >= 0.3 is 12.6 Å². The van der Waals surface area contributed by atoms with Crippen molar-refractivity contribution in [3.8, 4) is 16.9 Å². The molecule has 1 aliphatic heterocycles. The molecule has 1 atom stereocenters. The molecule has 0 N–H and O–H groups in total. The number of esters is 1. The molecule has 0 bridgehead atoms. The number of ether oxygens (including phenoxy) is 3. The molecule has 4 aromatic rings. The number of benzene rings is 2. The summed E-state index contributed by atoms with van der Waals surface area (Å²) in [5.74, 6) is -0.351. The molecule has 0 fully saturated rings. The molecule has 2 aromatic carbocycles. The van der Waals surface area contributed by atoms with E-state index in [1.54, 1.807) is 0 Å². The van der Waals surface area contributed by atoms with E-state index < -0.39 is 24.3 Å². The summed E-state index contributed by atoms with van der Waals surface area (Å²) >= 11 is 6.25. The van der Waals surface area contributed by atoms with Gasteiger partial charge in [-0.1, -0.05) is 23.7 Å². The SMILES string of the molecule is COC(=O)C(OC(C)(C)C)c1c(C)c2c3c(cc(C)n3CCN2c2ncc(OC(F)F)cn2)c1-c1ccc(Cl)cc1. The van der Waals surface area contributed by atoms with Crippen LogP contribution in [0.2, 0.25) is 5.02 Å². The zero-order valence-electron chi connectivity index (χ0n) is 23.7. The largest absolute Gasteiger partial charge is 0.467 e. The molecule has 0 saturated heterocycles. The molecule has 0 spiro atoms. The summed E-state index contributed by atoms with van der Waals surface area (Å²) in [6.07, 6.45) is 1.40. The summed E-state index contributed by atoms with van der Waals surface area (Å²) in [5.41, 5.74) is 5.22. The maximum absolute atomic E-state index is 13.4. The third-order valence-corrected chi connectivity index (χ3v) is 7.26. The van der Waals surface area contributed by atoms with E-state index in [4.69, 9.17) is 21.1 Å². The van der Waals surface area contributed by atoms with Crippen molar-refractivity contribution in [2.45, 2.75) is 59.5 Å². The fourth-order valence-electron chi connectivity index (χ4n) is 5.44. The van der Waals surface area contributed by atoms with Gasteiger partial charge in [0.15, 0.2) is 11.9 Å². The van der Waals surface area contributed by atoms with Gasteiger partial charge in [-0.15, -0.1) is 0 Å². The van der Waals surface area contributed by atoms with Gasteiger partial charge in [0.05, 0.1) is 36.3 Å². The van der Waals surface area contributed by atoms with Gasteiger partial charge in [0.25, 0.3) is 0 Å². The molecular weight excluding hydrogens is 554 g/mol. The van der Waals surface area contributed by atoms with Gasteiger partial charge in [-0.3, -0.25) is 0 Å². The van der Waals surface area contributed by atoms with Crippen LogP contribution in [0.5, 0.6) is 5.75 Å². The number of aryl methyl sites for hydroxylation is 1. The van der Waals surface area contributed by atoms with Gasteiger partial charge in [0, 0.05) is 34.8 Å². The fourth-order valence-corrected chi connectivity index (χ4v) is 5.57. The molecule has 0 amide bonds. The molecule has 1 unspecified atom stereocenters. The number of nitrogens with zero attached hydrogens (tertiary/aromatic N) is 4. The molecule has 3 heterocycles.